The van der Waals surface area contributed by atoms with E-state index >= 15 is 0 Å². The minimum atomic E-state index is -4.46. The molecule has 6 nitrogen and oxygen atoms in total. The zero-order chi connectivity index (χ0) is 16.5. The number of hydrogen-bond donors (Lipinski definition) is 2. The largest absolute Gasteiger partial charge is 0.432 e. The summed E-state index contributed by atoms with van der Waals surface area (Å²) in [6.07, 6.45) is -2.96. The van der Waals surface area contributed by atoms with Crippen LogP contribution in [0.3, 0.4) is 0 Å². The van der Waals surface area contributed by atoms with Crippen molar-refractivity contribution in [1.82, 2.24) is 15.8 Å². The van der Waals surface area contributed by atoms with E-state index in [-0.39, 0.29) is 5.29 Å². The van der Waals surface area contributed by atoms with Gasteiger partial charge in [-0.15, -0.1) is 0 Å². The van der Waals surface area contributed by atoms with Gasteiger partial charge in [0.1, 0.15) is 18.3 Å². The molecule has 0 aromatic heterocycles. The van der Waals surface area contributed by atoms with Gasteiger partial charge in [-0.1, -0.05) is 0 Å². The number of ether oxygens (including phenoxy) is 1. The fourth-order valence-electron chi connectivity index (χ4n) is 1.15. The molecule has 21 heavy (non-hydrogen) atoms. The van der Waals surface area contributed by atoms with E-state index in [1.165, 1.54) is 14.1 Å². The molecule has 10 heteroatoms. The Morgan fingerprint density at radius 2 is 2.10 bits per heavy atom. The van der Waals surface area contributed by atoms with E-state index in [0.717, 1.165) is 17.5 Å². The monoisotopic (exact) mass is 329 g/mol. The first-order chi connectivity index (χ1) is 9.70. The fraction of sp³-hybridized carbons (Fsp3) is 0.636. The molecule has 0 heterocycles. The molecule has 2 N–H and O–H groups in total. The van der Waals surface area contributed by atoms with Gasteiger partial charge in [-0.25, -0.2) is 9.98 Å². The first-order valence-corrected chi connectivity index (χ1v) is 6.41. The van der Waals surface area contributed by atoms with Gasteiger partial charge in [-0.3, -0.25) is 10.4 Å². The Hall–Kier alpha value is -1.48. The van der Waals surface area contributed by atoms with Crippen LogP contribution in [0, 0.1) is 0 Å². The average molecular weight is 330 g/mol. The van der Waals surface area contributed by atoms with Gasteiger partial charge in [0, 0.05) is 26.9 Å². The highest BCUT2D eigenvalue weighted by atomic mass is 35.5. The van der Waals surface area contributed by atoms with Crippen LogP contribution in [0.2, 0.25) is 0 Å². The van der Waals surface area contributed by atoms with Crippen molar-refractivity contribution in [1.29, 1.82) is 0 Å². The lowest BCUT2D eigenvalue weighted by Crippen LogP contribution is -2.33. The Kier molecular flexibility index (Phi) is 8.79. The molecule has 0 amide bonds. The number of allylic oxidation sites excluding steroid dienone is 1. The van der Waals surface area contributed by atoms with E-state index in [9.17, 15) is 13.2 Å². The Labute approximate surface area is 126 Å². The zero-order valence-electron chi connectivity index (χ0n) is 12.2. The lowest BCUT2D eigenvalue weighted by molar-refractivity contribution is -0.0972. The molecule has 0 spiro atoms. The van der Waals surface area contributed by atoms with E-state index in [0.29, 0.717) is 6.61 Å². The number of alkyl halides is 3. The number of hydrazine groups is 1. The van der Waals surface area contributed by atoms with E-state index in [2.05, 4.69) is 20.7 Å². The summed E-state index contributed by atoms with van der Waals surface area (Å²) in [4.78, 5) is 7.58. The number of rotatable bonds is 7. The van der Waals surface area contributed by atoms with Crippen LogP contribution in [0.5, 0.6) is 0 Å². The van der Waals surface area contributed by atoms with Crippen LogP contribution < -0.4 is 10.7 Å². The summed E-state index contributed by atoms with van der Waals surface area (Å²) in [7, 11) is 2.56. The van der Waals surface area contributed by atoms with Crippen molar-refractivity contribution in [3.8, 4) is 0 Å². The molecular weight excluding hydrogens is 311 g/mol. The molecule has 0 aliphatic heterocycles. The normalized spacial score (nSPS) is 15.2. The molecule has 1 atom stereocenters. The summed E-state index contributed by atoms with van der Waals surface area (Å²) in [6.45, 7) is 3.98. The van der Waals surface area contributed by atoms with Crippen molar-refractivity contribution in [2.24, 2.45) is 9.98 Å². The van der Waals surface area contributed by atoms with Crippen LogP contribution in [0.1, 0.15) is 13.8 Å². The van der Waals surface area contributed by atoms with Gasteiger partial charge in [0.25, 0.3) is 0 Å². The quantitative estimate of drug-likeness (QED) is 0.325. The maximum atomic E-state index is 12.5. The molecule has 0 saturated heterocycles. The van der Waals surface area contributed by atoms with Gasteiger partial charge in [-0.2, -0.15) is 13.2 Å². The third-order valence-corrected chi connectivity index (χ3v) is 2.22. The second kappa shape index (κ2) is 9.46. The van der Waals surface area contributed by atoms with Crippen LogP contribution in [-0.2, 0) is 4.74 Å². The van der Waals surface area contributed by atoms with Gasteiger partial charge in [0.2, 0.25) is 5.29 Å². The van der Waals surface area contributed by atoms with Crippen molar-refractivity contribution in [2.45, 2.75) is 26.3 Å². The van der Waals surface area contributed by atoms with Crippen molar-refractivity contribution < 1.29 is 17.9 Å². The maximum absolute atomic E-state index is 12.5. The van der Waals surface area contributed by atoms with Gasteiger partial charge in [-0.05, 0) is 25.4 Å². The molecule has 0 aliphatic carbocycles. The Balaban J connectivity index is 4.51. The van der Waals surface area contributed by atoms with E-state index in [1.807, 2.05) is 6.92 Å². The van der Waals surface area contributed by atoms with E-state index < -0.39 is 18.1 Å². The number of nitrogens with one attached hydrogen (secondary N) is 2. The maximum Gasteiger partial charge on any atom is 0.432 e. The molecule has 0 rings (SSSR count). The molecular formula is C11H19ClF3N5O. The molecule has 0 aromatic carbocycles. The fourth-order valence-corrected chi connectivity index (χ4v) is 1.33. The average Bonchev–Trinajstić information content (AvgIpc) is 2.34. The summed E-state index contributed by atoms with van der Waals surface area (Å²) in [5.74, 6) is 0. The summed E-state index contributed by atoms with van der Waals surface area (Å²) in [5.41, 5.74) is 1.57. The van der Waals surface area contributed by atoms with Gasteiger partial charge in [0.05, 0.1) is 0 Å². The lowest BCUT2D eigenvalue weighted by atomic mass is 10.4. The molecule has 0 aromatic rings. The number of halogens is 4. The lowest BCUT2D eigenvalue weighted by Gasteiger charge is -2.17. The summed E-state index contributed by atoms with van der Waals surface area (Å²) in [5, 5.41) is 3.05. The van der Waals surface area contributed by atoms with Gasteiger partial charge >= 0.3 is 6.18 Å². The SMILES string of the molecule is CCOC(C)/N=C(Cl)\N=C\NN(C)/C=C(\NC)C(F)(F)F. The standard InChI is InChI=1S/C11H19ClF3N5O/c1-5-21-8(2)19-10(12)17-7-18-20(4)6-9(16-3)11(13,14)15/h6-8,16H,5H2,1-4H3,(H,17,18,19)/b9-6-. The number of amidine groups is 1. The highest BCUT2D eigenvalue weighted by molar-refractivity contribution is 6.65. The van der Waals surface area contributed by atoms with Crippen molar-refractivity contribution in [3.63, 3.8) is 0 Å². The van der Waals surface area contributed by atoms with Gasteiger partial charge in [0.15, 0.2) is 0 Å². The molecule has 1 unspecified atom stereocenters. The predicted octanol–water partition coefficient (Wildman–Crippen LogP) is 2.05. The zero-order valence-corrected chi connectivity index (χ0v) is 13.0. The molecule has 0 bridgehead atoms. The minimum Gasteiger partial charge on any atom is -0.383 e. The number of aliphatic imine (C=N–C) groups is 2. The molecule has 0 saturated carbocycles. The van der Waals surface area contributed by atoms with Crippen LogP contribution >= 0.6 is 11.6 Å². The van der Waals surface area contributed by atoms with Crippen molar-refractivity contribution in [3.05, 3.63) is 11.9 Å². The van der Waals surface area contributed by atoms with Crippen LogP contribution in [0.4, 0.5) is 13.2 Å². The van der Waals surface area contributed by atoms with Crippen LogP contribution in [-0.4, -0.2) is 49.7 Å². The summed E-state index contributed by atoms with van der Waals surface area (Å²) >= 11 is 5.71. The Morgan fingerprint density at radius 1 is 1.48 bits per heavy atom. The number of nitrogens with zero attached hydrogens (tertiary/aromatic N) is 3. The molecule has 0 aliphatic rings. The Bertz CT molecular complexity index is 398. The second-order valence-corrected chi connectivity index (χ2v) is 4.08. The third-order valence-electron chi connectivity index (χ3n) is 2.03. The van der Waals surface area contributed by atoms with E-state index in [4.69, 9.17) is 16.3 Å². The highest BCUT2D eigenvalue weighted by Crippen LogP contribution is 2.22. The van der Waals surface area contributed by atoms with Crippen LogP contribution in [0.25, 0.3) is 0 Å². The third kappa shape index (κ3) is 9.14. The number of hydrogen-bond acceptors (Lipinski definition) is 4. The van der Waals surface area contributed by atoms with Crippen molar-refractivity contribution >= 4 is 23.2 Å². The van der Waals surface area contributed by atoms with Crippen molar-refractivity contribution in [2.75, 3.05) is 20.7 Å². The smallest absolute Gasteiger partial charge is 0.383 e. The minimum absolute atomic E-state index is 0.0782. The molecule has 0 radical (unpaired) electrons. The summed E-state index contributed by atoms with van der Waals surface area (Å²) in [6, 6.07) is 0. The molecule has 122 valence electrons. The van der Waals surface area contributed by atoms with Crippen LogP contribution in [0.15, 0.2) is 21.9 Å². The molecule has 0 fully saturated rings. The second-order valence-electron chi connectivity index (χ2n) is 3.74. The van der Waals surface area contributed by atoms with Gasteiger partial charge < -0.3 is 10.1 Å². The first-order valence-electron chi connectivity index (χ1n) is 6.03. The Morgan fingerprint density at radius 3 is 2.57 bits per heavy atom. The summed E-state index contributed by atoms with van der Waals surface area (Å²) < 4.78 is 42.5. The van der Waals surface area contributed by atoms with E-state index in [1.54, 1.807) is 6.92 Å². The predicted molar refractivity (Wildman–Crippen MR) is 77.0 cm³/mol. The highest BCUT2D eigenvalue weighted by Gasteiger charge is 2.33. The first kappa shape index (κ1) is 19.5. The topological polar surface area (TPSA) is 61.3 Å².